The topological polar surface area (TPSA) is 74.2 Å². The van der Waals surface area contributed by atoms with E-state index in [4.69, 9.17) is 19.4 Å². The van der Waals surface area contributed by atoms with Crippen LogP contribution < -0.4 is 9.47 Å². The number of nitrogens with zero attached hydrogens (tertiary/aromatic N) is 3. The van der Waals surface area contributed by atoms with Crippen molar-refractivity contribution < 1.29 is 14.3 Å². The van der Waals surface area contributed by atoms with E-state index in [0.717, 1.165) is 47.2 Å². The number of pyridine rings is 1. The van der Waals surface area contributed by atoms with Crippen LogP contribution in [0.5, 0.6) is 11.6 Å². The van der Waals surface area contributed by atoms with Crippen molar-refractivity contribution in [2.24, 2.45) is 0 Å². The van der Waals surface area contributed by atoms with Crippen LogP contribution in [0.25, 0.3) is 5.57 Å². The standard InChI is InChI=1S/C28H29N3O3/c1-3-24(32)18-10-11-19(25(15-18)33-2)16-26-30-23-13-12-22(20-7-6-14-29-17-20)27(23)28(31-26)34-21-8-4-5-9-21/h6-7,10-12,14-15,17,21H,3-5,8-9,13,16H2,1-2H3. The molecule has 34 heavy (non-hydrogen) atoms. The predicted octanol–water partition coefficient (Wildman–Crippen LogP) is 5.37. The molecule has 0 saturated heterocycles. The third-order valence-electron chi connectivity index (χ3n) is 6.60. The molecular formula is C28H29N3O3. The summed E-state index contributed by atoms with van der Waals surface area (Å²) in [7, 11) is 1.63. The highest BCUT2D eigenvalue weighted by Gasteiger charge is 2.27. The van der Waals surface area contributed by atoms with Gasteiger partial charge in [0.05, 0.1) is 18.4 Å². The molecule has 6 heteroatoms. The minimum absolute atomic E-state index is 0.0971. The van der Waals surface area contributed by atoms with Gasteiger partial charge >= 0.3 is 0 Å². The van der Waals surface area contributed by atoms with Crippen molar-refractivity contribution in [3.8, 4) is 11.6 Å². The highest BCUT2D eigenvalue weighted by molar-refractivity contribution is 5.96. The zero-order chi connectivity index (χ0) is 23.5. The molecule has 0 radical (unpaired) electrons. The van der Waals surface area contributed by atoms with E-state index in [9.17, 15) is 4.79 Å². The maximum absolute atomic E-state index is 12.1. The fourth-order valence-corrected chi connectivity index (χ4v) is 4.80. The third kappa shape index (κ3) is 4.45. The van der Waals surface area contributed by atoms with Crippen molar-refractivity contribution in [1.82, 2.24) is 15.0 Å². The Morgan fingerprint density at radius 1 is 1.15 bits per heavy atom. The number of carbonyl (C=O) groups excluding carboxylic acids is 1. The van der Waals surface area contributed by atoms with Gasteiger partial charge in [-0.05, 0) is 43.4 Å². The number of rotatable bonds is 8. The number of fused-ring (bicyclic) bond motifs is 1. The van der Waals surface area contributed by atoms with Crippen molar-refractivity contribution in [3.05, 3.63) is 82.6 Å². The first kappa shape index (κ1) is 22.3. The molecule has 0 amide bonds. The van der Waals surface area contributed by atoms with Crippen LogP contribution in [0.1, 0.15) is 77.6 Å². The number of methoxy groups -OCH3 is 1. The molecule has 2 aliphatic rings. The Bertz CT molecular complexity index is 1230. The minimum Gasteiger partial charge on any atom is -0.496 e. The Balaban J connectivity index is 1.51. The summed E-state index contributed by atoms with van der Waals surface area (Å²) in [5.41, 5.74) is 5.70. The van der Waals surface area contributed by atoms with Gasteiger partial charge in [-0.15, -0.1) is 0 Å². The van der Waals surface area contributed by atoms with E-state index in [0.29, 0.717) is 35.9 Å². The summed E-state index contributed by atoms with van der Waals surface area (Å²) >= 11 is 0. The van der Waals surface area contributed by atoms with Crippen molar-refractivity contribution in [3.63, 3.8) is 0 Å². The number of hydrogen-bond acceptors (Lipinski definition) is 6. The molecule has 1 aromatic carbocycles. The first-order valence-corrected chi connectivity index (χ1v) is 12.0. The van der Waals surface area contributed by atoms with Crippen LogP contribution >= 0.6 is 0 Å². The van der Waals surface area contributed by atoms with Gasteiger partial charge in [0.15, 0.2) is 5.78 Å². The summed E-state index contributed by atoms with van der Waals surface area (Å²) in [6.07, 6.45) is 12.2. The molecule has 174 valence electrons. The van der Waals surface area contributed by atoms with E-state index < -0.39 is 0 Å². The molecule has 1 fully saturated rings. The lowest BCUT2D eigenvalue weighted by atomic mass is 10.0. The van der Waals surface area contributed by atoms with Crippen LogP contribution in [-0.4, -0.2) is 33.9 Å². The number of carbonyl (C=O) groups is 1. The van der Waals surface area contributed by atoms with E-state index >= 15 is 0 Å². The van der Waals surface area contributed by atoms with Gasteiger partial charge < -0.3 is 9.47 Å². The summed E-state index contributed by atoms with van der Waals surface area (Å²) < 4.78 is 12.1. The highest BCUT2D eigenvalue weighted by Crippen LogP contribution is 2.39. The van der Waals surface area contributed by atoms with Crippen LogP contribution in [0, 0.1) is 0 Å². The second-order valence-corrected chi connectivity index (χ2v) is 8.83. The van der Waals surface area contributed by atoms with E-state index in [-0.39, 0.29) is 11.9 Å². The molecule has 0 aliphatic heterocycles. The van der Waals surface area contributed by atoms with Crippen LogP contribution in [-0.2, 0) is 12.8 Å². The zero-order valence-corrected chi connectivity index (χ0v) is 19.7. The third-order valence-corrected chi connectivity index (χ3v) is 6.60. The lowest BCUT2D eigenvalue weighted by Crippen LogP contribution is -2.15. The van der Waals surface area contributed by atoms with E-state index in [2.05, 4.69) is 17.1 Å². The number of allylic oxidation sites excluding steroid dienone is 1. The lowest BCUT2D eigenvalue weighted by molar-refractivity contribution is 0.0988. The van der Waals surface area contributed by atoms with Gasteiger partial charge in [0, 0.05) is 48.3 Å². The van der Waals surface area contributed by atoms with Gasteiger partial charge in [0.25, 0.3) is 0 Å². The Morgan fingerprint density at radius 3 is 2.74 bits per heavy atom. The molecule has 2 aliphatic carbocycles. The number of ketones is 1. The van der Waals surface area contributed by atoms with Gasteiger partial charge in [0.2, 0.25) is 5.88 Å². The summed E-state index contributed by atoms with van der Waals surface area (Å²) in [4.78, 5) is 26.3. The van der Waals surface area contributed by atoms with Crippen molar-refractivity contribution in [1.29, 1.82) is 0 Å². The normalized spacial score (nSPS) is 15.2. The number of Topliss-reactive ketones (excluding diaryl/α,β-unsaturated/α-hetero) is 1. The maximum Gasteiger partial charge on any atom is 0.225 e. The summed E-state index contributed by atoms with van der Waals surface area (Å²) in [6.45, 7) is 1.86. The molecule has 5 rings (SSSR count). The first-order valence-electron chi connectivity index (χ1n) is 12.0. The molecule has 0 N–H and O–H groups in total. The van der Waals surface area contributed by atoms with Gasteiger partial charge in [0.1, 0.15) is 17.7 Å². The molecule has 0 unspecified atom stereocenters. The average Bonchev–Trinajstić information content (AvgIpc) is 3.54. The van der Waals surface area contributed by atoms with E-state index in [1.807, 2.05) is 37.4 Å². The van der Waals surface area contributed by atoms with Crippen LogP contribution in [0.4, 0.5) is 0 Å². The van der Waals surface area contributed by atoms with Crippen molar-refractivity contribution >= 4 is 11.4 Å². The fourth-order valence-electron chi connectivity index (χ4n) is 4.80. The second kappa shape index (κ2) is 9.75. The highest BCUT2D eigenvalue weighted by atomic mass is 16.5. The Kier molecular flexibility index (Phi) is 6.39. The van der Waals surface area contributed by atoms with Gasteiger partial charge in [-0.25, -0.2) is 4.98 Å². The molecule has 0 bridgehead atoms. The van der Waals surface area contributed by atoms with Crippen LogP contribution in [0.2, 0.25) is 0 Å². The molecule has 1 saturated carbocycles. The van der Waals surface area contributed by atoms with Gasteiger partial charge in [-0.2, -0.15) is 4.98 Å². The molecule has 2 heterocycles. The summed E-state index contributed by atoms with van der Waals surface area (Å²) in [6, 6.07) is 9.61. The molecule has 6 nitrogen and oxygen atoms in total. The quantitative estimate of drug-likeness (QED) is 0.425. The largest absolute Gasteiger partial charge is 0.496 e. The van der Waals surface area contributed by atoms with Crippen LogP contribution in [0.15, 0.2) is 48.8 Å². The van der Waals surface area contributed by atoms with Crippen molar-refractivity contribution in [2.75, 3.05) is 7.11 Å². The van der Waals surface area contributed by atoms with Crippen molar-refractivity contribution in [2.45, 2.75) is 58.0 Å². The smallest absolute Gasteiger partial charge is 0.225 e. The van der Waals surface area contributed by atoms with Gasteiger partial charge in [-0.1, -0.05) is 31.2 Å². The summed E-state index contributed by atoms with van der Waals surface area (Å²) in [5, 5.41) is 0. The Labute approximate surface area is 200 Å². The van der Waals surface area contributed by atoms with E-state index in [1.165, 1.54) is 12.8 Å². The molecule has 0 spiro atoms. The fraction of sp³-hybridized carbons (Fsp3) is 0.357. The van der Waals surface area contributed by atoms with Crippen LogP contribution in [0.3, 0.4) is 0 Å². The molecule has 0 atom stereocenters. The molecule has 3 aromatic rings. The number of benzene rings is 1. The first-order chi connectivity index (χ1) is 16.7. The lowest BCUT2D eigenvalue weighted by Gasteiger charge is -2.18. The second-order valence-electron chi connectivity index (χ2n) is 8.83. The Morgan fingerprint density at radius 2 is 2.00 bits per heavy atom. The molecule has 2 aromatic heterocycles. The minimum atomic E-state index is 0.0971. The van der Waals surface area contributed by atoms with E-state index in [1.54, 1.807) is 13.3 Å². The Hall–Kier alpha value is -3.54. The van der Waals surface area contributed by atoms with Gasteiger partial charge in [-0.3, -0.25) is 9.78 Å². The summed E-state index contributed by atoms with van der Waals surface area (Å²) in [5.74, 6) is 2.13. The predicted molar refractivity (Wildman–Crippen MR) is 130 cm³/mol. The maximum atomic E-state index is 12.1. The molecular weight excluding hydrogens is 426 g/mol. The number of hydrogen-bond donors (Lipinski definition) is 0. The number of ether oxygens (including phenoxy) is 2. The average molecular weight is 456 g/mol. The SMILES string of the molecule is CCC(=O)c1ccc(Cc2nc3c(c(OC4CCCC4)n2)C(c2cccnc2)=CC3)c(OC)c1. The monoisotopic (exact) mass is 455 g/mol. The zero-order valence-electron chi connectivity index (χ0n) is 19.7. The number of aromatic nitrogens is 3.